The van der Waals surface area contributed by atoms with E-state index in [1.165, 1.54) is 19.2 Å². The van der Waals surface area contributed by atoms with E-state index in [1.54, 1.807) is 6.07 Å². The summed E-state index contributed by atoms with van der Waals surface area (Å²) < 4.78 is 4.75. The van der Waals surface area contributed by atoms with Crippen molar-refractivity contribution in [2.45, 2.75) is 33.3 Å². The lowest BCUT2D eigenvalue weighted by Gasteiger charge is -2.17. The molecule has 8 heteroatoms. The number of ether oxygens (including phenoxy) is 1. The highest BCUT2D eigenvalue weighted by Gasteiger charge is 2.20. The number of carboxylic acids is 1. The maximum Gasteiger partial charge on any atom is 0.334 e. The summed E-state index contributed by atoms with van der Waals surface area (Å²) in [6.07, 6.45) is -0.830. The second kappa shape index (κ2) is 8.82. The number of anilines is 1. The van der Waals surface area contributed by atoms with Gasteiger partial charge in [-0.2, -0.15) is 0 Å². The molecule has 0 saturated heterocycles. The van der Waals surface area contributed by atoms with Gasteiger partial charge in [0.25, 0.3) is 5.91 Å². The number of carbonyl (C=O) groups excluding carboxylic acids is 2. The molecule has 1 unspecified atom stereocenters. The zero-order valence-electron chi connectivity index (χ0n) is 14.7. The van der Waals surface area contributed by atoms with Crippen LogP contribution in [-0.4, -0.2) is 42.6 Å². The fourth-order valence-corrected chi connectivity index (χ4v) is 2.22. The Morgan fingerprint density at radius 3 is 2.44 bits per heavy atom. The molecule has 1 rings (SSSR count). The van der Waals surface area contributed by atoms with E-state index in [0.29, 0.717) is 12.1 Å². The van der Waals surface area contributed by atoms with Gasteiger partial charge in [0.05, 0.1) is 17.1 Å². The summed E-state index contributed by atoms with van der Waals surface area (Å²) in [5.74, 6) is -1.91. The molecule has 0 aliphatic carbocycles. The van der Waals surface area contributed by atoms with Crippen molar-refractivity contribution in [2.75, 3.05) is 19.0 Å². The molecule has 0 aliphatic rings. The maximum absolute atomic E-state index is 12.2. The lowest BCUT2D eigenvalue weighted by molar-refractivity contribution is -0.148. The van der Waals surface area contributed by atoms with E-state index in [-0.39, 0.29) is 28.5 Å². The van der Waals surface area contributed by atoms with Crippen LogP contribution in [0.2, 0.25) is 5.02 Å². The van der Waals surface area contributed by atoms with Crippen molar-refractivity contribution in [1.29, 1.82) is 0 Å². The number of amides is 2. The third-order valence-corrected chi connectivity index (χ3v) is 3.52. The average molecular weight is 371 g/mol. The van der Waals surface area contributed by atoms with E-state index in [2.05, 4.69) is 10.6 Å². The Morgan fingerprint density at radius 2 is 1.92 bits per heavy atom. The lowest BCUT2D eigenvalue weighted by Crippen LogP contribution is -2.37. The SMILES string of the molecule is COC(CNC(=O)c1cc(NC(=O)CC(C)(C)C)ccc1Cl)C(=O)O. The summed E-state index contributed by atoms with van der Waals surface area (Å²) in [7, 11) is 1.24. The molecule has 7 nitrogen and oxygen atoms in total. The first-order valence-corrected chi connectivity index (χ1v) is 8.04. The quantitative estimate of drug-likeness (QED) is 0.684. The molecule has 0 fully saturated rings. The van der Waals surface area contributed by atoms with Crippen LogP contribution in [0, 0.1) is 5.41 Å². The molecule has 0 saturated carbocycles. The molecule has 0 radical (unpaired) electrons. The first kappa shape index (κ1) is 20.9. The predicted octanol–water partition coefficient (Wildman–Crippen LogP) is 2.54. The molecule has 1 aromatic rings. The molecule has 3 N–H and O–H groups in total. The normalized spacial score (nSPS) is 12.4. The lowest BCUT2D eigenvalue weighted by atomic mass is 9.92. The van der Waals surface area contributed by atoms with Crippen LogP contribution in [-0.2, 0) is 14.3 Å². The Bertz CT molecular complexity index is 655. The molecule has 0 spiro atoms. The van der Waals surface area contributed by atoms with E-state index in [0.717, 1.165) is 0 Å². The number of nitrogens with one attached hydrogen (secondary N) is 2. The molecule has 1 aromatic carbocycles. The summed E-state index contributed by atoms with van der Waals surface area (Å²) in [6.45, 7) is 5.63. The highest BCUT2D eigenvalue weighted by atomic mass is 35.5. The van der Waals surface area contributed by atoms with Crippen LogP contribution in [0.5, 0.6) is 0 Å². The number of benzene rings is 1. The second-order valence-electron chi connectivity index (χ2n) is 6.75. The molecule has 2 amide bonds. The Balaban J connectivity index is 2.81. The minimum Gasteiger partial charge on any atom is -0.479 e. The highest BCUT2D eigenvalue weighted by molar-refractivity contribution is 6.34. The minimum atomic E-state index is -1.18. The topological polar surface area (TPSA) is 105 Å². The van der Waals surface area contributed by atoms with Crippen LogP contribution in [0.25, 0.3) is 0 Å². The van der Waals surface area contributed by atoms with Gasteiger partial charge in [0.2, 0.25) is 5.91 Å². The van der Waals surface area contributed by atoms with Crippen molar-refractivity contribution in [3.05, 3.63) is 28.8 Å². The number of rotatable bonds is 7. The van der Waals surface area contributed by atoms with Crippen molar-refractivity contribution in [3.63, 3.8) is 0 Å². The van der Waals surface area contributed by atoms with E-state index in [4.69, 9.17) is 21.4 Å². The molecule has 138 valence electrons. The van der Waals surface area contributed by atoms with Crippen LogP contribution in [0.15, 0.2) is 18.2 Å². The summed E-state index contributed by atoms with van der Waals surface area (Å²) in [4.78, 5) is 35.1. The Morgan fingerprint density at radius 1 is 1.28 bits per heavy atom. The van der Waals surface area contributed by atoms with Gasteiger partial charge in [-0.05, 0) is 23.6 Å². The molecule has 0 heterocycles. The van der Waals surface area contributed by atoms with Crippen molar-refractivity contribution < 1.29 is 24.2 Å². The van der Waals surface area contributed by atoms with Crippen LogP contribution in [0.3, 0.4) is 0 Å². The van der Waals surface area contributed by atoms with Crippen LogP contribution in [0.1, 0.15) is 37.6 Å². The van der Waals surface area contributed by atoms with Gasteiger partial charge in [-0.1, -0.05) is 32.4 Å². The summed E-state index contributed by atoms with van der Waals surface area (Å²) in [5.41, 5.74) is 0.406. The van der Waals surface area contributed by atoms with Gasteiger partial charge in [0.1, 0.15) is 0 Å². The minimum absolute atomic E-state index is 0.135. The van der Waals surface area contributed by atoms with E-state index < -0.39 is 18.0 Å². The fraction of sp³-hybridized carbons (Fsp3) is 0.471. The van der Waals surface area contributed by atoms with Crippen molar-refractivity contribution in [3.8, 4) is 0 Å². The molecular weight excluding hydrogens is 348 g/mol. The number of carboxylic acid groups (broad SMARTS) is 1. The molecule has 0 bridgehead atoms. The van der Waals surface area contributed by atoms with E-state index in [9.17, 15) is 14.4 Å². The van der Waals surface area contributed by atoms with Gasteiger partial charge in [-0.3, -0.25) is 9.59 Å². The van der Waals surface area contributed by atoms with Gasteiger partial charge in [0.15, 0.2) is 6.10 Å². The summed E-state index contributed by atoms with van der Waals surface area (Å²) in [6, 6.07) is 4.53. The first-order chi connectivity index (χ1) is 11.5. The fourth-order valence-electron chi connectivity index (χ4n) is 2.02. The van der Waals surface area contributed by atoms with Crippen LogP contribution < -0.4 is 10.6 Å². The third kappa shape index (κ3) is 7.11. The predicted molar refractivity (Wildman–Crippen MR) is 94.9 cm³/mol. The molecule has 0 aliphatic heterocycles. The summed E-state index contributed by atoms with van der Waals surface area (Å²) in [5, 5.41) is 14.3. The van der Waals surface area contributed by atoms with Gasteiger partial charge in [-0.15, -0.1) is 0 Å². The zero-order chi connectivity index (χ0) is 19.2. The molecule has 0 aromatic heterocycles. The zero-order valence-corrected chi connectivity index (χ0v) is 15.4. The molecule has 25 heavy (non-hydrogen) atoms. The Labute approximate surface area is 151 Å². The monoisotopic (exact) mass is 370 g/mol. The number of aliphatic carboxylic acids is 1. The number of halogens is 1. The van der Waals surface area contributed by atoms with Crippen molar-refractivity contribution in [2.24, 2.45) is 5.41 Å². The van der Waals surface area contributed by atoms with Gasteiger partial charge < -0.3 is 20.5 Å². The largest absolute Gasteiger partial charge is 0.479 e. The van der Waals surface area contributed by atoms with E-state index >= 15 is 0 Å². The van der Waals surface area contributed by atoms with Gasteiger partial charge >= 0.3 is 5.97 Å². The average Bonchev–Trinajstić information content (AvgIpc) is 2.47. The van der Waals surface area contributed by atoms with Crippen LogP contribution in [0.4, 0.5) is 5.69 Å². The molecule has 1 atom stereocenters. The number of hydrogen-bond acceptors (Lipinski definition) is 4. The molecular formula is C17H23ClN2O5. The van der Waals surface area contributed by atoms with Gasteiger partial charge in [0, 0.05) is 19.2 Å². The summed E-state index contributed by atoms with van der Waals surface area (Å²) >= 11 is 6.02. The number of hydrogen-bond donors (Lipinski definition) is 3. The smallest absolute Gasteiger partial charge is 0.334 e. The van der Waals surface area contributed by atoms with Crippen molar-refractivity contribution >= 4 is 35.1 Å². The van der Waals surface area contributed by atoms with Crippen LogP contribution >= 0.6 is 11.6 Å². The standard InChI is InChI=1S/C17H23ClN2O5/c1-17(2,3)8-14(21)20-10-5-6-12(18)11(7-10)15(22)19-9-13(25-4)16(23)24/h5-7,13H,8-9H2,1-4H3,(H,19,22)(H,20,21)(H,23,24). The highest BCUT2D eigenvalue weighted by Crippen LogP contribution is 2.23. The Kier molecular flexibility index (Phi) is 7.38. The Hall–Kier alpha value is -2.12. The van der Waals surface area contributed by atoms with Gasteiger partial charge in [-0.25, -0.2) is 4.79 Å². The van der Waals surface area contributed by atoms with Crippen molar-refractivity contribution in [1.82, 2.24) is 5.32 Å². The number of methoxy groups -OCH3 is 1. The number of carbonyl (C=O) groups is 3. The second-order valence-corrected chi connectivity index (χ2v) is 7.16. The maximum atomic E-state index is 12.2. The third-order valence-electron chi connectivity index (χ3n) is 3.19. The van der Waals surface area contributed by atoms with E-state index in [1.807, 2.05) is 20.8 Å². The first-order valence-electron chi connectivity index (χ1n) is 7.66.